The van der Waals surface area contributed by atoms with Crippen molar-refractivity contribution in [1.29, 1.82) is 0 Å². The van der Waals surface area contributed by atoms with Crippen molar-refractivity contribution >= 4 is 29.2 Å². The fourth-order valence-electron chi connectivity index (χ4n) is 4.73. The van der Waals surface area contributed by atoms with Crippen LogP contribution in [0.25, 0.3) is 0 Å². The second kappa shape index (κ2) is 11.5. The Balaban J connectivity index is 1.62. The monoisotopic (exact) mass is 484 g/mol. The number of piperidine rings is 1. The SMILES string of the molecule is COc1ccc(N(C)c2nc(NC3CCCCCC3)nc(NC3CCN(C)CC3)n2)cc1[N+](=O)[O-]. The Hall–Kier alpha value is -3.21. The van der Waals surface area contributed by atoms with E-state index in [1.807, 2.05) is 0 Å². The first-order valence-corrected chi connectivity index (χ1v) is 12.5. The number of methoxy groups -OCH3 is 1. The predicted molar refractivity (Wildman–Crippen MR) is 137 cm³/mol. The van der Waals surface area contributed by atoms with Crippen LogP contribution >= 0.6 is 0 Å². The van der Waals surface area contributed by atoms with Crippen molar-refractivity contribution in [2.75, 3.05) is 49.8 Å². The van der Waals surface area contributed by atoms with E-state index in [9.17, 15) is 10.1 Å². The topological polar surface area (TPSA) is 122 Å². The van der Waals surface area contributed by atoms with Gasteiger partial charge in [0.1, 0.15) is 0 Å². The van der Waals surface area contributed by atoms with Crippen molar-refractivity contribution < 1.29 is 9.66 Å². The molecule has 11 nitrogen and oxygen atoms in total. The van der Waals surface area contributed by atoms with E-state index in [1.54, 1.807) is 24.1 Å². The molecular weight excluding hydrogens is 448 g/mol. The van der Waals surface area contributed by atoms with Crippen LogP contribution in [0.2, 0.25) is 0 Å². The van der Waals surface area contributed by atoms with Crippen molar-refractivity contribution in [2.24, 2.45) is 0 Å². The van der Waals surface area contributed by atoms with Crippen LogP contribution in [0.4, 0.5) is 29.2 Å². The standard InChI is InChI=1S/C24H36N8O3/c1-30-14-12-18(13-15-30)26-23-27-22(25-17-8-6-4-5-7-9-17)28-24(29-23)31(2)19-10-11-21(35-3)20(16-19)32(33)34/h10-11,16-18H,4-9,12-15H2,1-3H3,(H2,25,26,27,28,29). The van der Waals surface area contributed by atoms with Gasteiger partial charge in [0.25, 0.3) is 0 Å². The lowest BCUT2D eigenvalue weighted by atomic mass is 10.1. The van der Waals surface area contributed by atoms with E-state index in [2.05, 4.69) is 27.6 Å². The molecule has 35 heavy (non-hydrogen) atoms. The number of rotatable bonds is 8. The predicted octanol–water partition coefficient (Wildman–Crippen LogP) is 4.20. The molecule has 0 spiro atoms. The average Bonchev–Trinajstić information content (AvgIpc) is 3.13. The molecule has 1 aromatic carbocycles. The summed E-state index contributed by atoms with van der Waals surface area (Å²) in [5, 5.41) is 18.6. The zero-order chi connectivity index (χ0) is 24.8. The van der Waals surface area contributed by atoms with Gasteiger partial charge < -0.3 is 25.2 Å². The fourth-order valence-corrected chi connectivity index (χ4v) is 4.73. The Morgan fingerprint density at radius 1 is 1.00 bits per heavy atom. The molecule has 2 aliphatic rings. The van der Waals surface area contributed by atoms with Gasteiger partial charge in [0, 0.05) is 25.2 Å². The summed E-state index contributed by atoms with van der Waals surface area (Å²) >= 11 is 0. The molecule has 1 aromatic heterocycles. The van der Waals surface area contributed by atoms with Crippen LogP contribution in [0.5, 0.6) is 5.75 Å². The summed E-state index contributed by atoms with van der Waals surface area (Å²) < 4.78 is 5.15. The highest BCUT2D eigenvalue weighted by molar-refractivity contribution is 5.65. The Morgan fingerprint density at radius 2 is 1.60 bits per heavy atom. The number of nitrogens with zero attached hydrogens (tertiary/aromatic N) is 6. The molecule has 0 radical (unpaired) electrons. The highest BCUT2D eigenvalue weighted by Crippen LogP contribution is 2.33. The molecule has 190 valence electrons. The lowest BCUT2D eigenvalue weighted by Crippen LogP contribution is -2.37. The molecule has 4 rings (SSSR count). The quantitative estimate of drug-likeness (QED) is 0.320. The second-order valence-corrected chi connectivity index (χ2v) is 9.51. The van der Waals surface area contributed by atoms with E-state index in [0.29, 0.717) is 35.6 Å². The number of ether oxygens (including phenoxy) is 1. The van der Waals surface area contributed by atoms with E-state index in [4.69, 9.17) is 14.7 Å². The van der Waals surface area contributed by atoms with Gasteiger partial charge in [-0.25, -0.2) is 0 Å². The number of aromatic nitrogens is 3. The maximum atomic E-state index is 11.5. The van der Waals surface area contributed by atoms with Gasteiger partial charge in [-0.3, -0.25) is 10.1 Å². The molecule has 0 atom stereocenters. The van der Waals surface area contributed by atoms with Crippen LogP contribution in [-0.4, -0.2) is 71.2 Å². The lowest BCUT2D eigenvalue weighted by molar-refractivity contribution is -0.385. The van der Waals surface area contributed by atoms with Gasteiger partial charge in [-0.05, 0) is 58.0 Å². The first kappa shape index (κ1) is 24.9. The molecule has 1 aliphatic heterocycles. The number of benzene rings is 1. The van der Waals surface area contributed by atoms with Gasteiger partial charge in [0.05, 0.1) is 17.7 Å². The van der Waals surface area contributed by atoms with Crippen molar-refractivity contribution in [3.8, 4) is 5.75 Å². The number of nitro benzene ring substituents is 1. The van der Waals surface area contributed by atoms with Gasteiger partial charge in [-0.15, -0.1) is 0 Å². The van der Waals surface area contributed by atoms with Crippen LogP contribution in [0, 0.1) is 10.1 Å². The highest BCUT2D eigenvalue weighted by atomic mass is 16.6. The minimum Gasteiger partial charge on any atom is -0.490 e. The van der Waals surface area contributed by atoms with Crippen LogP contribution in [0.1, 0.15) is 51.4 Å². The highest BCUT2D eigenvalue weighted by Gasteiger charge is 2.22. The molecular formula is C24H36N8O3. The summed E-state index contributed by atoms with van der Waals surface area (Å²) in [5.41, 5.74) is 0.488. The lowest BCUT2D eigenvalue weighted by Gasteiger charge is -2.29. The maximum Gasteiger partial charge on any atom is 0.312 e. The molecule has 11 heteroatoms. The molecule has 1 saturated carbocycles. The zero-order valence-corrected chi connectivity index (χ0v) is 20.9. The maximum absolute atomic E-state index is 11.5. The van der Waals surface area contributed by atoms with Crippen molar-refractivity contribution in [1.82, 2.24) is 19.9 Å². The Bertz CT molecular complexity index is 1000. The number of likely N-dealkylation sites (tertiary alicyclic amines) is 1. The third kappa shape index (κ3) is 6.47. The molecule has 1 saturated heterocycles. The van der Waals surface area contributed by atoms with Crippen molar-refractivity contribution in [3.05, 3.63) is 28.3 Å². The zero-order valence-electron chi connectivity index (χ0n) is 20.9. The Morgan fingerprint density at radius 3 is 2.17 bits per heavy atom. The number of hydrogen-bond acceptors (Lipinski definition) is 10. The first-order valence-electron chi connectivity index (χ1n) is 12.5. The van der Waals surface area contributed by atoms with Crippen molar-refractivity contribution in [2.45, 2.75) is 63.5 Å². The summed E-state index contributed by atoms with van der Waals surface area (Å²) in [6.45, 7) is 2.05. The summed E-state index contributed by atoms with van der Waals surface area (Å²) in [6.07, 6.45) is 9.16. The first-order chi connectivity index (χ1) is 16.9. The Kier molecular flexibility index (Phi) is 8.17. The third-order valence-electron chi connectivity index (χ3n) is 6.91. The molecule has 0 amide bonds. The van der Waals surface area contributed by atoms with Crippen LogP contribution in [0.15, 0.2) is 18.2 Å². The fraction of sp³-hybridized carbons (Fsp3) is 0.625. The molecule has 2 aromatic rings. The van der Waals surface area contributed by atoms with Crippen LogP contribution < -0.4 is 20.3 Å². The normalized spacial score (nSPS) is 18.0. The smallest absolute Gasteiger partial charge is 0.312 e. The molecule has 0 unspecified atom stereocenters. The number of nitrogens with one attached hydrogen (secondary N) is 2. The minimum absolute atomic E-state index is 0.104. The summed E-state index contributed by atoms with van der Waals surface area (Å²) in [5.74, 6) is 1.69. The number of anilines is 4. The van der Waals surface area contributed by atoms with Gasteiger partial charge in [0.15, 0.2) is 5.75 Å². The van der Waals surface area contributed by atoms with Crippen LogP contribution in [0.3, 0.4) is 0 Å². The van der Waals surface area contributed by atoms with Crippen LogP contribution in [-0.2, 0) is 0 Å². The van der Waals surface area contributed by atoms with E-state index in [-0.39, 0.29) is 11.4 Å². The van der Waals surface area contributed by atoms with E-state index < -0.39 is 4.92 Å². The average molecular weight is 485 g/mol. The van der Waals surface area contributed by atoms with E-state index in [0.717, 1.165) is 38.8 Å². The molecule has 2 heterocycles. The third-order valence-corrected chi connectivity index (χ3v) is 6.91. The molecule has 2 N–H and O–H groups in total. The summed E-state index contributed by atoms with van der Waals surface area (Å²) in [7, 11) is 5.36. The van der Waals surface area contributed by atoms with E-state index in [1.165, 1.54) is 38.9 Å². The summed E-state index contributed by atoms with van der Waals surface area (Å²) in [4.78, 5) is 29.2. The van der Waals surface area contributed by atoms with Gasteiger partial charge in [-0.2, -0.15) is 15.0 Å². The molecule has 0 bridgehead atoms. The van der Waals surface area contributed by atoms with Gasteiger partial charge in [-0.1, -0.05) is 25.7 Å². The second-order valence-electron chi connectivity index (χ2n) is 9.51. The molecule has 1 aliphatic carbocycles. The van der Waals surface area contributed by atoms with Gasteiger partial charge in [0.2, 0.25) is 17.8 Å². The van der Waals surface area contributed by atoms with Crippen molar-refractivity contribution in [3.63, 3.8) is 0 Å². The number of nitro groups is 1. The number of hydrogen-bond donors (Lipinski definition) is 2. The largest absolute Gasteiger partial charge is 0.490 e. The van der Waals surface area contributed by atoms with Gasteiger partial charge >= 0.3 is 5.69 Å². The Labute approximate surface area is 206 Å². The minimum atomic E-state index is -0.449. The molecule has 2 fully saturated rings. The summed E-state index contributed by atoms with van der Waals surface area (Å²) in [6, 6.07) is 5.45. The van der Waals surface area contributed by atoms with E-state index >= 15 is 0 Å².